The van der Waals surface area contributed by atoms with Gasteiger partial charge in [-0.3, -0.25) is 0 Å². The molecule has 0 radical (unpaired) electrons. The minimum Gasteiger partial charge on any atom is -0.399 e. The largest absolute Gasteiger partial charge is 0.399 e. The summed E-state index contributed by atoms with van der Waals surface area (Å²) in [6.07, 6.45) is 5.39. The quantitative estimate of drug-likeness (QED) is 0.782. The van der Waals surface area contributed by atoms with E-state index in [-0.39, 0.29) is 0 Å². The normalized spacial score (nSPS) is 28.7. The number of nitrogen functional groups attached to an aromatic ring is 1. The van der Waals surface area contributed by atoms with Crippen molar-refractivity contribution in [1.29, 1.82) is 0 Å². The molecule has 3 heteroatoms. The molecule has 0 bridgehead atoms. The Labute approximate surface area is 109 Å². The summed E-state index contributed by atoms with van der Waals surface area (Å²) in [6.45, 7) is 1.10. The smallest absolute Gasteiger partial charge is 0.0601 e. The van der Waals surface area contributed by atoms with Gasteiger partial charge in [-0.25, -0.2) is 0 Å². The lowest BCUT2D eigenvalue weighted by Gasteiger charge is -2.36. The summed E-state index contributed by atoms with van der Waals surface area (Å²) in [5.41, 5.74) is 8.41. The van der Waals surface area contributed by atoms with Crippen LogP contribution in [-0.4, -0.2) is 25.8 Å². The highest BCUT2D eigenvalue weighted by atomic mass is 16.5. The van der Waals surface area contributed by atoms with Gasteiger partial charge in [-0.2, -0.15) is 0 Å². The van der Waals surface area contributed by atoms with Crippen LogP contribution in [0.3, 0.4) is 0 Å². The van der Waals surface area contributed by atoms with Crippen LogP contribution in [0.1, 0.15) is 31.2 Å². The fourth-order valence-electron chi connectivity index (χ4n) is 2.82. The molecule has 2 fully saturated rings. The minimum atomic E-state index is 0.381. The molecule has 2 aliphatic rings. The Morgan fingerprint density at radius 1 is 1.28 bits per heavy atom. The number of anilines is 1. The molecule has 0 unspecified atom stereocenters. The van der Waals surface area contributed by atoms with Gasteiger partial charge < -0.3 is 15.8 Å². The number of ether oxygens (including phenoxy) is 1. The molecule has 2 aliphatic carbocycles. The third kappa shape index (κ3) is 2.25. The predicted octanol–water partition coefficient (Wildman–Crippen LogP) is 2.07. The summed E-state index contributed by atoms with van der Waals surface area (Å²) in [5, 5.41) is 3.69. The Morgan fingerprint density at radius 3 is 2.50 bits per heavy atom. The summed E-state index contributed by atoms with van der Waals surface area (Å²) >= 11 is 0. The molecule has 0 aliphatic heterocycles. The lowest BCUT2D eigenvalue weighted by molar-refractivity contribution is 0.0169. The van der Waals surface area contributed by atoms with E-state index in [1.807, 2.05) is 12.1 Å². The SMILES string of the molecule is COC1CC(NCC2(c3ccc(N)cc3)CC2)C1. The molecule has 0 amide bonds. The molecule has 0 heterocycles. The fraction of sp³-hybridized carbons (Fsp3) is 0.600. The van der Waals surface area contributed by atoms with E-state index in [4.69, 9.17) is 10.5 Å². The van der Waals surface area contributed by atoms with Crippen LogP contribution in [0.2, 0.25) is 0 Å². The molecular weight excluding hydrogens is 224 g/mol. The van der Waals surface area contributed by atoms with Crippen molar-refractivity contribution in [1.82, 2.24) is 5.32 Å². The zero-order chi connectivity index (χ0) is 12.6. The van der Waals surface area contributed by atoms with E-state index >= 15 is 0 Å². The summed E-state index contributed by atoms with van der Waals surface area (Å²) in [4.78, 5) is 0. The van der Waals surface area contributed by atoms with Crippen molar-refractivity contribution < 1.29 is 4.74 Å². The Morgan fingerprint density at radius 2 is 1.94 bits per heavy atom. The van der Waals surface area contributed by atoms with Crippen LogP contribution in [0.25, 0.3) is 0 Å². The van der Waals surface area contributed by atoms with Crippen LogP contribution < -0.4 is 11.1 Å². The number of benzene rings is 1. The number of hydrogen-bond acceptors (Lipinski definition) is 3. The number of rotatable bonds is 5. The standard InChI is InChI=1S/C15H22N2O/c1-18-14-8-13(9-14)17-10-15(6-7-15)11-2-4-12(16)5-3-11/h2-5,13-14,17H,6-10,16H2,1H3. The first kappa shape index (κ1) is 12.0. The van der Waals surface area contributed by atoms with Crippen LogP contribution in [0.4, 0.5) is 5.69 Å². The minimum absolute atomic E-state index is 0.381. The summed E-state index contributed by atoms with van der Waals surface area (Å²) < 4.78 is 5.31. The lowest BCUT2D eigenvalue weighted by atomic mass is 9.88. The second-order valence-electron chi connectivity index (χ2n) is 5.81. The Bertz CT molecular complexity index is 405. The first-order chi connectivity index (χ1) is 8.72. The van der Waals surface area contributed by atoms with Crippen LogP contribution in [0, 0.1) is 0 Å². The fourth-order valence-corrected chi connectivity index (χ4v) is 2.82. The molecule has 18 heavy (non-hydrogen) atoms. The average Bonchev–Trinajstić information content (AvgIpc) is 3.09. The average molecular weight is 246 g/mol. The Balaban J connectivity index is 1.54. The van der Waals surface area contributed by atoms with Gasteiger partial charge in [-0.15, -0.1) is 0 Å². The highest BCUT2D eigenvalue weighted by Gasteiger charge is 2.44. The Hall–Kier alpha value is -1.06. The molecule has 0 spiro atoms. The topological polar surface area (TPSA) is 47.3 Å². The molecule has 3 N–H and O–H groups in total. The molecular formula is C15H22N2O. The van der Waals surface area contributed by atoms with Gasteiger partial charge in [0.2, 0.25) is 0 Å². The van der Waals surface area contributed by atoms with Crippen LogP contribution in [0.15, 0.2) is 24.3 Å². The zero-order valence-electron chi connectivity index (χ0n) is 11.0. The van der Waals surface area contributed by atoms with Gasteiger partial charge >= 0.3 is 0 Å². The van der Waals surface area contributed by atoms with Crippen molar-refractivity contribution in [2.75, 3.05) is 19.4 Å². The number of methoxy groups -OCH3 is 1. The summed E-state index contributed by atoms with van der Waals surface area (Å²) in [7, 11) is 1.80. The molecule has 0 saturated heterocycles. The van der Waals surface area contributed by atoms with Gasteiger partial charge in [0.05, 0.1) is 6.10 Å². The van der Waals surface area contributed by atoms with Gasteiger partial charge in [0.25, 0.3) is 0 Å². The van der Waals surface area contributed by atoms with Gasteiger partial charge in [0, 0.05) is 30.8 Å². The van der Waals surface area contributed by atoms with E-state index in [1.165, 1.54) is 18.4 Å². The van der Waals surface area contributed by atoms with E-state index in [2.05, 4.69) is 17.4 Å². The molecule has 1 aromatic rings. The van der Waals surface area contributed by atoms with E-state index in [0.717, 1.165) is 25.1 Å². The highest BCUT2D eigenvalue weighted by Crippen LogP contribution is 2.48. The van der Waals surface area contributed by atoms with Crippen LogP contribution in [0.5, 0.6) is 0 Å². The van der Waals surface area contributed by atoms with E-state index in [9.17, 15) is 0 Å². The first-order valence-electron chi connectivity index (χ1n) is 6.84. The monoisotopic (exact) mass is 246 g/mol. The van der Waals surface area contributed by atoms with Gasteiger partial charge in [-0.1, -0.05) is 12.1 Å². The predicted molar refractivity (Wildman–Crippen MR) is 73.6 cm³/mol. The maximum Gasteiger partial charge on any atom is 0.0601 e. The summed E-state index contributed by atoms with van der Waals surface area (Å²) in [5.74, 6) is 0. The van der Waals surface area contributed by atoms with E-state index in [1.54, 1.807) is 7.11 Å². The highest BCUT2D eigenvalue weighted by molar-refractivity contribution is 5.43. The summed E-state index contributed by atoms with van der Waals surface area (Å²) in [6, 6.07) is 9.05. The number of nitrogens with one attached hydrogen (secondary N) is 1. The third-order valence-electron chi connectivity index (χ3n) is 4.53. The molecule has 2 saturated carbocycles. The van der Waals surface area contributed by atoms with Crippen LogP contribution >= 0.6 is 0 Å². The van der Waals surface area contributed by atoms with Crippen molar-refractivity contribution in [3.8, 4) is 0 Å². The van der Waals surface area contributed by atoms with Crippen molar-refractivity contribution in [2.24, 2.45) is 0 Å². The third-order valence-corrected chi connectivity index (χ3v) is 4.53. The molecule has 3 nitrogen and oxygen atoms in total. The second kappa shape index (κ2) is 4.56. The zero-order valence-corrected chi connectivity index (χ0v) is 11.0. The molecule has 98 valence electrons. The molecule has 3 rings (SSSR count). The number of nitrogens with two attached hydrogens (primary N) is 1. The first-order valence-corrected chi connectivity index (χ1v) is 6.84. The maximum absolute atomic E-state index is 5.74. The van der Waals surface area contributed by atoms with Crippen molar-refractivity contribution >= 4 is 5.69 Å². The lowest BCUT2D eigenvalue weighted by Crippen LogP contribution is -2.47. The van der Waals surface area contributed by atoms with Crippen molar-refractivity contribution in [3.63, 3.8) is 0 Å². The maximum atomic E-state index is 5.74. The molecule has 1 aromatic carbocycles. The van der Waals surface area contributed by atoms with Crippen molar-refractivity contribution in [3.05, 3.63) is 29.8 Å². The van der Waals surface area contributed by atoms with Crippen LogP contribution in [-0.2, 0) is 10.2 Å². The molecule has 0 atom stereocenters. The van der Waals surface area contributed by atoms with Gasteiger partial charge in [0.1, 0.15) is 0 Å². The Kier molecular flexibility index (Phi) is 3.04. The number of hydrogen-bond donors (Lipinski definition) is 2. The van der Waals surface area contributed by atoms with E-state index in [0.29, 0.717) is 17.6 Å². The van der Waals surface area contributed by atoms with E-state index < -0.39 is 0 Å². The van der Waals surface area contributed by atoms with Gasteiger partial charge in [0.15, 0.2) is 0 Å². The van der Waals surface area contributed by atoms with Gasteiger partial charge in [-0.05, 0) is 43.4 Å². The molecule has 0 aromatic heterocycles. The van der Waals surface area contributed by atoms with Crippen molar-refractivity contribution in [2.45, 2.75) is 43.2 Å². The second-order valence-corrected chi connectivity index (χ2v) is 5.81.